The maximum Gasteiger partial charge on any atom is 0.472 e. The fraction of sp³-hybridized carbons (Fsp3) is 0.917. The molecule has 0 saturated carbocycles. The first-order chi connectivity index (χ1) is 16.4. The predicted octanol–water partition coefficient (Wildman–Crippen LogP) is 6.43. The summed E-state index contributed by atoms with van der Waals surface area (Å²) in [5.74, 6) is -1.06. The van der Waals surface area contributed by atoms with Crippen molar-refractivity contribution in [2.75, 3.05) is 25.7 Å². The van der Waals surface area contributed by atoms with E-state index in [1.54, 1.807) is 0 Å². The summed E-state index contributed by atoms with van der Waals surface area (Å²) in [5, 5.41) is 2.87. The number of phosphoric acid groups is 1. The van der Waals surface area contributed by atoms with Crippen molar-refractivity contribution in [3.05, 3.63) is 0 Å². The molecule has 1 unspecified atom stereocenters. The van der Waals surface area contributed by atoms with Crippen LogP contribution in [-0.2, 0) is 27.9 Å². The number of halogens is 1. The lowest BCUT2D eigenvalue weighted by atomic mass is 10.0. The lowest BCUT2D eigenvalue weighted by Crippen LogP contribution is -2.44. The predicted molar refractivity (Wildman–Crippen MR) is 139 cm³/mol. The largest absolute Gasteiger partial charge is 0.472 e. The molecule has 8 nitrogen and oxygen atoms in total. The Morgan fingerprint density at radius 2 is 1.32 bits per heavy atom. The standard InChI is InChI=1S/C24H47BrNO7P/c1-3-4-5-6-7-8-9-10-11-12-13-14-15-16-17-18-23(27)26-22(24(28)31-2)21-33-34(29,30)32-20-19-25/h22H,3-21H2,1-2H3,(H,26,27)(H,29,30)/t22-/m0/s1. The van der Waals surface area contributed by atoms with E-state index in [9.17, 15) is 19.0 Å². The molecule has 0 aromatic rings. The number of esters is 1. The van der Waals surface area contributed by atoms with E-state index in [4.69, 9.17) is 4.52 Å². The molecule has 0 fully saturated rings. The number of alkyl halides is 1. The molecular weight excluding hydrogens is 525 g/mol. The molecule has 0 rings (SSSR count). The van der Waals surface area contributed by atoms with E-state index in [0.29, 0.717) is 5.33 Å². The minimum atomic E-state index is -4.30. The lowest BCUT2D eigenvalue weighted by Gasteiger charge is -2.18. The number of ether oxygens (including phenoxy) is 1. The number of carbonyl (C=O) groups excluding carboxylic acids is 2. The highest BCUT2D eigenvalue weighted by Crippen LogP contribution is 2.43. The van der Waals surface area contributed by atoms with Crippen molar-refractivity contribution in [3.8, 4) is 0 Å². The van der Waals surface area contributed by atoms with Crippen LogP contribution >= 0.6 is 23.8 Å². The molecular formula is C24H47BrNO7P. The summed E-state index contributed by atoms with van der Waals surface area (Å²) < 4.78 is 25.9. The first-order valence-corrected chi connectivity index (χ1v) is 15.5. The van der Waals surface area contributed by atoms with Crippen LogP contribution in [0.5, 0.6) is 0 Å². The second-order valence-corrected chi connectivity index (χ2v) is 10.9. The number of hydrogen-bond donors (Lipinski definition) is 2. The molecule has 10 heteroatoms. The Morgan fingerprint density at radius 3 is 1.76 bits per heavy atom. The average Bonchev–Trinajstić information content (AvgIpc) is 2.82. The smallest absolute Gasteiger partial charge is 0.467 e. The minimum Gasteiger partial charge on any atom is -0.467 e. The van der Waals surface area contributed by atoms with E-state index in [-0.39, 0.29) is 18.9 Å². The molecule has 0 spiro atoms. The molecule has 0 aromatic carbocycles. The number of rotatable bonds is 24. The molecule has 34 heavy (non-hydrogen) atoms. The molecule has 0 aliphatic rings. The van der Waals surface area contributed by atoms with Crippen LogP contribution in [-0.4, -0.2) is 48.5 Å². The SMILES string of the molecule is CCCCCCCCCCCCCCCCCC(=O)N[C@@H](COP(=O)(O)OCCBr)C(=O)OC. The Hall–Kier alpha value is -0.470. The topological polar surface area (TPSA) is 111 Å². The van der Waals surface area contributed by atoms with Gasteiger partial charge in [0.2, 0.25) is 5.91 Å². The fourth-order valence-electron chi connectivity index (χ4n) is 3.59. The molecule has 0 heterocycles. The first-order valence-electron chi connectivity index (χ1n) is 12.9. The summed E-state index contributed by atoms with van der Waals surface area (Å²) in [6.45, 7) is 1.72. The van der Waals surface area contributed by atoms with Gasteiger partial charge >= 0.3 is 13.8 Å². The van der Waals surface area contributed by atoms with Crippen molar-refractivity contribution >= 4 is 35.6 Å². The summed E-state index contributed by atoms with van der Waals surface area (Å²) in [6.07, 6.45) is 19.0. The van der Waals surface area contributed by atoms with Crippen LogP contribution in [0.2, 0.25) is 0 Å². The molecule has 0 bridgehead atoms. The van der Waals surface area contributed by atoms with Crippen molar-refractivity contribution in [2.24, 2.45) is 0 Å². The molecule has 202 valence electrons. The minimum absolute atomic E-state index is 0.0256. The van der Waals surface area contributed by atoms with Crippen molar-refractivity contribution in [1.29, 1.82) is 0 Å². The molecule has 1 amide bonds. The molecule has 2 N–H and O–H groups in total. The van der Waals surface area contributed by atoms with Gasteiger partial charge in [0, 0.05) is 11.8 Å². The van der Waals surface area contributed by atoms with Crippen molar-refractivity contribution < 1.29 is 32.8 Å². The second kappa shape index (κ2) is 23.0. The number of hydrogen-bond acceptors (Lipinski definition) is 6. The number of phosphoric ester groups is 1. The highest BCUT2D eigenvalue weighted by Gasteiger charge is 2.28. The van der Waals surface area contributed by atoms with E-state index in [1.807, 2.05) is 0 Å². The Balaban J connectivity index is 3.80. The zero-order valence-electron chi connectivity index (χ0n) is 21.2. The van der Waals surface area contributed by atoms with Gasteiger partial charge in [-0.15, -0.1) is 0 Å². The zero-order chi connectivity index (χ0) is 25.5. The molecule has 0 aromatic heterocycles. The molecule has 0 aliphatic carbocycles. The van der Waals surface area contributed by atoms with Crippen molar-refractivity contribution in [1.82, 2.24) is 5.32 Å². The van der Waals surface area contributed by atoms with Gasteiger partial charge in [-0.25, -0.2) is 9.36 Å². The summed E-state index contributed by atoms with van der Waals surface area (Å²) in [6, 6.07) is -1.16. The monoisotopic (exact) mass is 571 g/mol. The van der Waals surface area contributed by atoms with Gasteiger partial charge in [0.25, 0.3) is 0 Å². The Morgan fingerprint density at radius 1 is 0.853 bits per heavy atom. The normalized spacial score (nSPS) is 13.9. The zero-order valence-corrected chi connectivity index (χ0v) is 23.7. The van der Waals surface area contributed by atoms with Gasteiger partial charge in [-0.3, -0.25) is 13.8 Å². The van der Waals surface area contributed by atoms with Crippen LogP contribution in [0.4, 0.5) is 0 Å². The Kier molecular flexibility index (Phi) is 22.6. The average molecular weight is 573 g/mol. The van der Waals surface area contributed by atoms with Crippen molar-refractivity contribution in [3.63, 3.8) is 0 Å². The van der Waals surface area contributed by atoms with E-state index in [2.05, 4.69) is 37.4 Å². The van der Waals surface area contributed by atoms with E-state index >= 15 is 0 Å². The van der Waals surface area contributed by atoms with Crippen molar-refractivity contribution in [2.45, 2.75) is 116 Å². The van der Waals surface area contributed by atoms with E-state index in [0.717, 1.165) is 19.3 Å². The van der Waals surface area contributed by atoms with E-state index in [1.165, 1.54) is 84.2 Å². The molecule has 0 saturated heterocycles. The molecule has 2 atom stereocenters. The van der Waals surface area contributed by atoms with Crippen LogP contribution in [0.3, 0.4) is 0 Å². The van der Waals surface area contributed by atoms with Crippen LogP contribution < -0.4 is 5.32 Å². The summed E-state index contributed by atoms with van der Waals surface area (Å²) >= 11 is 3.07. The van der Waals surface area contributed by atoms with Gasteiger partial charge < -0.3 is 14.9 Å². The second-order valence-electron chi connectivity index (χ2n) is 8.63. The summed E-state index contributed by atoms with van der Waals surface area (Å²) in [5.41, 5.74) is 0. The number of methoxy groups -OCH3 is 1. The number of unbranched alkanes of at least 4 members (excludes halogenated alkanes) is 14. The highest BCUT2D eigenvalue weighted by atomic mass is 79.9. The van der Waals surface area contributed by atoms with Gasteiger partial charge in [0.1, 0.15) is 0 Å². The van der Waals surface area contributed by atoms with Crippen LogP contribution in [0.15, 0.2) is 0 Å². The quantitative estimate of drug-likeness (QED) is 0.0593. The van der Waals surface area contributed by atoms with Crippen LogP contribution in [0, 0.1) is 0 Å². The maximum absolute atomic E-state index is 12.2. The Bertz CT molecular complexity index is 565. The highest BCUT2D eigenvalue weighted by molar-refractivity contribution is 9.09. The molecule has 0 aliphatic heterocycles. The Labute approximate surface area is 215 Å². The van der Waals surface area contributed by atoms with Crippen LogP contribution in [0.25, 0.3) is 0 Å². The van der Waals surface area contributed by atoms with Gasteiger partial charge in [0.15, 0.2) is 6.04 Å². The first kappa shape index (κ1) is 33.5. The summed E-state index contributed by atoms with van der Waals surface area (Å²) in [7, 11) is -3.12. The van der Waals surface area contributed by atoms with Gasteiger partial charge in [-0.2, -0.15) is 0 Å². The third-order valence-electron chi connectivity index (χ3n) is 5.56. The lowest BCUT2D eigenvalue weighted by molar-refractivity contribution is -0.146. The van der Waals surface area contributed by atoms with Gasteiger partial charge in [-0.1, -0.05) is 113 Å². The van der Waals surface area contributed by atoms with Crippen LogP contribution in [0.1, 0.15) is 110 Å². The number of nitrogens with one attached hydrogen (secondary N) is 1. The number of carbonyl (C=O) groups is 2. The van der Waals surface area contributed by atoms with Gasteiger partial charge in [0.05, 0.1) is 20.3 Å². The fourth-order valence-corrected chi connectivity index (χ4v) is 4.74. The number of amides is 1. The van der Waals surface area contributed by atoms with Gasteiger partial charge in [-0.05, 0) is 6.42 Å². The summed E-state index contributed by atoms with van der Waals surface area (Å²) in [4.78, 5) is 33.6. The van der Waals surface area contributed by atoms with E-state index < -0.39 is 26.4 Å². The third kappa shape index (κ3) is 20.9. The third-order valence-corrected chi connectivity index (χ3v) is 6.87. The molecule has 0 radical (unpaired) electrons. The maximum atomic E-state index is 12.2.